The molecule has 2 aromatic rings. The average Bonchev–Trinajstić information content (AvgIpc) is 2.75. The molecule has 0 fully saturated rings. The van der Waals surface area contributed by atoms with E-state index in [0.29, 0.717) is 12.2 Å². The number of anilines is 1. The lowest BCUT2D eigenvalue weighted by Gasteiger charge is -2.09. The molecule has 4 heteroatoms. The third-order valence-electron chi connectivity index (χ3n) is 2.66. The van der Waals surface area contributed by atoms with Crippen molar-refractivity contribution in [2.45, 2.75) is 20.0 Å². The number of rotatable bonds is 4. The molecule has 0 amide bonds. The van der Waals surface area contributed by atoms with Crippen molar-refractivity contribution < 1.29 is 8.78 Å². The fourth-order valence-corrected chi connectivity index (χ4v) is 1.74. The van der Waals surface area contributed by atoms with E-state index >= 15 is 0 Å². The standard InChI is InChI=1S/C13H14F2N2/c1-2-17-7-3-4-11(17)9-16-13-6-5-10(14)8-12(13)15/h3-8,16H,2,9H2,1H3. The highest BCUT2D eigenvalue weighted by Gasteiger charge is 2.04. The van der Waals surface area contributed by atoms with E-state index in [1.54, 1.807) is 0 Å². The summed E-state index contributed by atoms with van der Waals surface area (Å²) < 4.78 is 28.1. The highest BCUT2D eigenvalue weighted by molar-refractivity contribution is 5.44. The second-order valence-electron chi connectivity index (χ2n) is 3.76. The van der Waals surface area contributed by atoms with E-state index in [4.69, 9.17) is 0 Å². The Balaban J connectivity index is 2.07. The lowest BCUT2D eigenvalue weighted by Crippen LogP contribution is -2.07. The number of halogens is 2. The molecule has 0 saturated heterocycles. The maximum absolute atomic E-state index is 13.4. The Kier molecular flexibility index (Phi) is 3.42. The minimum absolute atomic E-state index is 0.315. The zero-order valence-electron chi connectivity index (χ0n) is 9.58. The number of aryl methyl sites for hydroxylation is 1. The smallest absolute Gasteiger partial charge is 0.149 e. The van der Waals surface area contributed by atoms with Crippen LogP contribution in [0, 0.1) is 11.6 Å². The molecule has 2 rings (SSSR count). The van der Waals surface area contributed by atoms with Gasteiger partial charge in [-0.2, -0.15) is 0 Å². The molecule has 1 aromatic carbocycles. The van der Waals surface area contributed by atoms with E-state index in [9.17, 15) is 8.78 Å². The number of hydrogen-bond acceptors (Lipinski definition) is 1. The lowest BCUT2D eigenvalue weighted by atomic mass is 10.3. The molecule has 0 saturated carbocycles. The maximum atomic E-state index is 13.4. The van der Waals surface area contributed by atoms with Gasteiger partial charge in [0.2, 0.25) is 0 Å². The van der Waals surface area contributed by atoms with Gasteiger partial charge in [0.1, 0.15) is 11.6 Å². The van der Waals surface area contributed by atoms with E-state index in [-0.39, 0.29) is 0 Å². The van der Waals surface area contributed by atoms with Gasteiger partial charge in [-0.05, 0) is 31.2 Å². The first kappa shape index (κ1) is 11.6. The summed E-state index contributed by atoms with van der Waals surface area (Å²) in [5, 5.41) is 2.95. The molecule has 2 nitrogen and oxygen atoms in total. The van der Waals surface area contributed by atoms with Crippen molar-refractivity contribution in [2.24, 2.45) is 0 Å². The van der Waals surface area contributed by atoms with Gasteiger partial charge in [0, 0.05) is 24.5 Å². The largest absolute Gasteiger partial charge is 0.377 e. The molecule has 0 unspecified atom stereocenters. The Morgan fingerprint density at radius 2 is 2.06 bits per heavy atom. The first-order valence-electron chi connectivity index (χ1n) is 5.53. The molecule has 0 aliphatic heterocycles. The molecule has 0 aliphatic rings. The van der Waals surface area contributed by atoms with Crippen LogP contribution < -0.4 is 5.32 Å². The van der Waals surface area contributed by atoms with Crippen molar-refractivity contribution in [3.8, 4) is 0 Å². The van der Waals surface area contributed by atoms with Crippen LogP contribution in [0.5, 0.6) is 0 Å². The van der Waals surface area contributed by atoms with Gasteiger partial charge in [0.25, 0.3) is 0 Å². The van der Waals surface area contributed by atoms with Crippen molar-refractivity contribution in [1.82, 2.24) is 4.57 Å². The molecule has 17 heavy (non-hydrogen) atoms. The number of hydrogen-bond donors (Lipinski definition) is 1. The van der Waals surface area contributed by atoms with Crippen LogP contribution in [0.4, 0.5) is 14.5 Å². The third kappa shape index (κ3) is 2.64. The summed E-state index contributed by atoms with van der Waals surface area (Å²) in [5.41, 5.74) is 1.38. The van der Waals surface area contributed by atoms with Crippen LogP contribution >= 0.6 is 0 Å². The molecule has 90 valence electrons. The highest BCUT2D eigenvalue weighted by atomic mass is 19.1. The molecule has 1 N–H and O–H groups in total. The van der Waals surface area contributed by atoms with Crippen LogP contribution in [-0.4, -0.2) is 4.57 Å². The molecule has 0 atom stereocenters. The van der Waals surface area contributed by atoms with Gasteiger partial charge in [-0.15, -0.1) is 0 Å². The molecular weight excluding hydrogens is 222 g/mol. The summed E-state index contributed by atoms with van der Waals surface area (Å²) in [6, 6.07) is 7.44. The van der Waals surface area contributed by atoms with E-state index in [2.05, 4.69) is 9.88 Å². The van der Waals surface area contributed by atoms with E-state index in [0.717, 1.165) is 18.3 Å². The van der Waals surface area contributed by atoms with Crippen LogP contribution in [0.15, 0.2) is 36.5 Å². The van der Waals surface area contributed by atoms with Gasteiger partial charge >= 0.3 is 0 Å². The van der Waals surface area contributed by atoms with Crippen LogP contribution in [0.2, 0.25) is 0 Å². The monoisotopic (exact) mass is 236 g/mol. The van der Waals surface area contributed by atoms with Gasteiger partial charge < -0.3 is 9.88 Å². The highest BCUT2D eigenvalue weighted by Crippen LogP contribution is 2.16. The van der Waals surface area contributed by atoms with Gasteiger partial charge in [-0.3, -0.25) is 0 Å². The van der Waals surface area contributed by atoms with Crippen LogP contribution in [0.25, 0.3) is 0 Å². The Labute approximate surface area is 98.9 Å². The number of nitrogens with zero attached hydrogens (tertiary/aromatic N) is 1. The number of benzene rings is 1. The molecule has 0 aliphatic carbocycles. The zero-order chi connectivity index (χ0) is 12.3. The lowest BCUT2D eigenvalue weighted by molar-refractivity contribution is 0.584. The van der Waals surface area contributed by atoms with Gasteiger partial charge in [-0.25, -0.2) is 8.78 Å². The fourth-order valence-electron chi connectivity index (χ4n) is 1.74. The van der Waals surface area contributed by atoms with E-state index < -0.39 is 11.6 Å². The van der Waals surface area contributed by atoms with Crippen molar-refractivity contribution in [3.05, 3.63) is 53.9 Å². The van der Waals surface area contributed by atoms with Crippen molar-refractivity contribution in [1.29, 1.82) is 0 Å². The normalized spacial score (nSPS) is 10.5. The summed E-state index contributed by atoms with van der Waals surface area (Å²) in [6.45, 7) is 3.43. The molecule has 0 radical (unpaired) electrons. The Hall–Kier alpha value is -1.84. The first-order chi connectivity index (χ1) is 8.20. The molecule has 0 bridgehead atoms. The molecular formula is C13H14F2N2. The Bertz CT molecular complexity index is 506. The van der Waals surface area contributed by atoms with Gasteiger partial charge in [0.05, 0.1) is 12.2 Å². The van der Waals surface area contributed by atoms with E-state index in [1.165, 1.54) is 12.1 Å². The summed E-state index contributed by atoms with van der Waals surface area (Å²) in [4.78, 5) is 0. The topological polar surface area (TPSA) is 17.0 Å². The molecule has 1 heterocycles. The summed E-state index contributed by atoms with van der Waals surface area (Å²) >= 11 is 0. The second kappa shape index (κ2) is 4.99. The molecule has 1 aromatic heterocycles. The Morgan fingerprint density at radius 3 is 2.76 bits per heavy atom. The minimum Gasteiger partial charge on any atom is -0.377 e. The molecule has 0 spiro atoms. The number of aromatic nitrogens is 1. The quantitative estimate of drug-likeness (QED) is 0.860. The van der Waals surface area contributed by atoms with Gasteiger partial charge in [0.15, 0.2) is 0 Å². The summed E-state index contributed by atoms with van der Waals surface area (Å²) in [5.74, 6) is -1.13. The summed E-state index contributed by atoms with van der Waals surface area (Å²) in [6.07, 6.45) is 1.97. The van der Waals surface area contributed by atoms with Crippen molar-refractivity contribution in [3.63, 3.8) is 0 Å². The SMILES string of the molecule is CCn1cccc1CNc1ccc(F)cc1F. The predicted octanol–water partition coefficient (Wildman–Crippen LogP) is 3.40. The average molecular weight is 236 g/mol. The third-order valence-corrected chi connectivity index (χ3v) is 2.66. The predicted molar refractivity (Wildman–Crippen MR) is 63.8 cm³/mol. The maximum Gasteiger partial charge on any atom is 0.149 e. The first-order valence-corrected chi connectivity index (χ1v) is 5.53. The van der Waals surface area contributed by atoms with Gasteiger partial charge in [-0.1, -0.05) is 0 Å². The minimum atomic E-state index is -0.570. The zero-order valence-corrected chi connectivity index (χ0v) is 9.58. The van der Waals surface area contributed by atoms with Crippen LogP contribution in [0.3, 0.4) is 0 Å². The fraction of sp³-hybridized carbons (Fsp3) is 0.231. The Morgan fingerprint density at radius 1 is 1.24 bits per heavy atom. The summed E-state index contributed by atoms with van der Waals surface area (Å²) in [7, 11) is 0. The number of nitrogens with one attached hydrogen (secondary N) is 1. The van der Waals surface area contributed by atoms with Crippen molar-refractivity contribution in [2.75, 3.05) is 5.32 Å². The van der Waals surface area contributed by atoms with E-state index in [1.807, 2.05) is 25.3 Å². The van der Waals surface area contributed by atoms with Crippen LogP contribution in [-0.2, 0) is 13.1 Å². The van der Waals surface area contributed by atoms with Crippen LogP contribution in [0.1, 0.15) is 12.6 Å². The second-order valence-corrected chi connectivity index (χ2v) is 3.76. The van der Waals surface area contributed by atoms with Crippen molar-refractivity contribution >= 4 is 5.69 Å².